The van der Waals surface area contributed by atoms with E-state index in [0.717, 1.165) is 0 Å². The van der Waals surface area contributed by atoms with Crippen molar-refractivity contribution in [2.24, 2.45) is 0 Å². The highest BCUT2D eigenvalue weighted by molar-refractivity contribution is 4.71. The zero-order valence-corrected chi connectivity index (χ0v) is 3.80. The van der Waals surface area contributed by atoms with Crippen LogP contribution in [0.1, 0.15) is 0 Å². The topological polar surface area (TPSA) is 29.5 Å². The maximum atomic E-state index is 11.9. The Morgan fingerprint density at radius 2 is 2.29 bits per heavy atom. The molecule has 0 aromatic rings. The Balaban J connectivity index is 2.33. The van der Waals surface area contributed by atoms with E-state index in [1.807, 2.05) is 0 Å². The van der Waals surface area contributed by atoms with Gasteiger partial charge in [-0.3, -0.25) is 0 Å². The van der Waals surface area contributed by atoms with Gasteiger partial charge in [0.2, 0.25) is 0 Å². The third-order valence-corrected chi connectivity index (χ3v) is 0.983. The van der Waals surface area contributed by atoms with Gasteiger partial charge < -0.3 is 9.84 Å². The molecule has 1 rings (SSSR count). The Morgan fingerprint density at radius 1 is 1.57 bits per heavy atom. The van der Waals surface area contributed by atoms with Gasteiger partial charge >= 0.3 is 0 Å². The van der Waals surface area contributed by atoms with E-state index in [9.17, 15) is 4.39 Å². The first-order chi connectivity index (χ1) is 3.30. The van der Waals surface area contributed by atoms with Crippen molar-refractivity contribution in [2.75, 3.05) is 13.2 Å². The van der Waals surface area contributed by atoms with E-state index < -0.39 is 12.3 Å². The summed E-state index contributed by atoms with van der Waals surface area (Å²) >= 11 is 0. The van der Waals surface area contributed by atoms with Crippen molar-refractivity contribution in [2.45, 2.75) is 12.3 Å². The number of aliphatic hydroxyl groups excluding tert-OH is 1. The summed E-state index contributed by atoms with van der Waals surface area (Å²) in [6, 6.07) is 0. The Kier molecular flexibility index (Phi) is 1.25. The van der Waals surface area contributed by atoms with E-state index in [2.05, 4.69) is 4.74 Å². The standard InChI is InChI=1S/C4H7FO2/c5-3-1-7-2-4(3)6/h3-4,6H,1-2H2/t3-,4+/m0/s1. The van der Waals surface area contributed by atoms with Gasteiger partial charge in [0.1, 0.15) is 6.10 Å². The maximum Gasteiger partial charge on any atom is 0.151 e. The van der Waals surface area contributed by atoms with Crippen molar-refractivity contribution < 1.29 is 14.2 Å². The second kappa shape index (κ2) is 1.76. The molecule has 0 aromatic carbocycles. The molecule has 0 unspecified atom stereocenters. The summed E-state index contributed by atoms with van der Waals surface area (Å²) in [7, 11) is 0. The van der Waals surface area contributed by atoms with Crippen LogP contribution in [0.2, 0.25) is 0 Å². The normalized spacial score (nSPS) is 42.0. The van der Waals surface area contributed by atoms with Crippen LogP contribution < -0.4 is 0 Å². The number of hydrogen-bond donors (Lipinski definition) is 1. The zero-order chi connectivity index (χ0) is 5.28. The highest BCUT2D eigenvalue weighted by Crippen LogP contribution is 2.07. The number of halogens is 1. The molecule has 1 fully saturated rings. The smallest absolute Gasteiger partial charge is 0.151 e. The molecule has 0 radical (unpaired) electrons. The monoisotopic (exact) mass is 106 g/mol. The lowest BCUT2D eigenvalue weighted by Gasteiger charge is -1.97. The molecule has 3 heteroatoms. The van der Waals surface area contributed by atoms with Gasteiger partial charge in [0.05, 0.1) is 13.2 Å². The van der Waals surface area contributed by atoms with E-state index in [4.69, 9.17) is 5.11 Å². The lowest BCUT2D eigenvalue weighted by molar-refractivity contribution is 0.107. The first-order valence-electron chi connectivity index (χ1n) is 2.20. The number of hydrogen-bond acceptors (Lipinski definition) is 2. The Bertz CT molecular complexity index is 58.7. The van der Waals surface area contributed by atoms with Crippen molar-refractivity contribution in [3.63, 3.8) is 0 Å². The molecule has 0 saturated carbocycles. The molecule has 0 spiro atoms. The minimum atomic E-state index is -1.15. The molecule has 2 atom stereocenters. The van der Waals surface area contributed by atoms with Crippen LogP contribution >= 0.6 is 0 Å². The SMILES string of the molecule is O[C@@H]1COC[C@@H]1F. The summed E-state index contributed by atoms with van der Waals surface area (Å²) in [4.78, 5) is 0. The molecule has 0 aliphatic carbocycles. The summed E-state index contributed by atoms with van der Waals surface area (Å²) in [6.07, 6.45) is -2.03. The third-order valence-electron chi connectivity index (χ3n) is 0.983. The van der Waals surface area contributed by atoms with Crippen LogP contribution in [-0.4, -0.2) is 30.6 Å². The Hall–Kier alpha value is -0.150. The second-order valence-electron chi connectivity index (χ2n) is 1.62. The van der Waals surface area contributed by atoms with Crippen LogP contribution in [0, 0.1) is 0 Å². The number of alkyl halides is 1. The van der Waals surface area contributed by atoms with Gasteiger partial charge in [0.25, 0.3) is 0 Å². The molecule has 1 saturated heterocycles. The lowest BCUT2D eigenvalue weighted by atomic mass is 10.3. The van der Waals surface area contributed by atoms with Crippen LogP contribution in [0.15, 0.2) is 0 Å². The summed E-state index contributed by atoms with van der Waals surface area (Å²) in [5, 5.41) is 8.50. The molecular formula is C4H7FO2. The second-order valence-corrected chi connectivity index (χ2v) is 1.62. The fraction of sp³-hybridized carbons (Fsp3) is 1.00. The van der Waals surface area contributed by atoms with Gasteiger partial charge in [0.15, 0.2) is 6.17 Å². The van der Waals surface area contributed by atoms with Gasteiger partial charge in [-0.25, -0.2) is 4.39 Å². The van der Waals surface area contributed by atoms with Crippen molar-refractivity contribution in [3.05, 3.63) is 0 Å². The minimum absolute atomic E-state index is 0.0567. The van der Waals surface area contributed by atoms with Crippen molar-refractivity contribution in [1.82, 2.24) is 0 Å². The van der Waals surface area contributed by atoms with Gasteiger partial charge in [-0.2, -0.15) is 0 Å². The van der Waals surface area contributed by atoms with Gasteiger partial charge in [0, 0.05) is 0 Å². The van der Waals surface area contributed by atoms with Gasteiger partial charge in [-0.1, -0.05) is 0 Å². The number of rotatable bonds is 0. The Labute approximate surface area is 40.9 Å². The quantitative estimate of drug-likeness (QED) is 0.460. The summed E-state index contributed by atoms with van der Waals surface area (Å²) in [6.45, 7) is 0.211. The fourth-order valence-corrected chi connectivity index (χ4v) is 0.517. The van der Waals surface area contributed by atoms with Crippen LogP contribution in [0.5, 0.6) is 0 Å². The molecule has 0 amide bonds. The van der Waals surface area contributed by atoms with Crippen LogP contribution in [0.3, 0.4) is 0 Å². The molecule has 7 heavy (non-hydrogen) atoms. The van der Waals surface area contributed by atoms with Crippen molar-refractivity contribution >= 4 is 0 Å². The molecule has 1 aliphatic rings. The first-order valence-corrected chi connectivity index (χ1v) is 2.20. The first kappa shape index (κ1) is 5.00. The van der Waals surface area contributed by atoms with E-state index in [-0.39, 0.29) is 13.2 Å². The maximum absolute atomic E-state index is 11.9. The van der Waals surface area contributed by atoms with E-state index in [1.165, 1.54) is 0 Å². The predicted octanol–water partition coefficient (Wildman–Crippen LogP) is -0.284. The summed E-state index contributed by atoms with van der Waals surface area (Å²) < 4.78 is 16.5. The van der Waals surface area contributed by atoms with Crippen LogP contribution in [0.25, 0.3) is 0 Å². The molecular weight excluding hydrogens is 99.0 g/mol. The highest BCUT2D eigenvalue weighted by atomic mass is 19.1. The molecule has 42 valence electrons. The third kappa shape index (κ3) is 0.894. The molecule has 2 nitrogen and oxygen atoms in total. The molecule has 0 aromatic heterocycles. The average molecular weight is 106 g/mol. The average Bonchev–Trinajstić information content (AvgIpc) is 1.91. The minimum Gasteiger partial charge on any atom is -0.388 e. The van der Waals surface area contributed by atoms with Crippen molar-refractivity contribution in [3.8, 4) is 0 Å². The number of aliphatic hydroxyl groups is 1. The summed E-state index contributed by atoms with van der Waals surface area (Å²) in [5.74, 6) is 0. The molecule has 1 heterocycles. The van der Waals surface area contributed by atoms with E-state index >= 15 is 0 Å². The zero-order valence-electron chi connectivity index (χ0n) is 3.80. The largest absolute Gasteiger partial charge is 0.388 e. The van der Waals surface area contributed by atoms with Crippen LogP contribution in [-0.2, 0) is 4.74 Å². The highest BCUT2D eigenvalue weighted by Gasteiger charge is 2.24. The lowest BCUT2D eigenvalue weighted by Crippen LogP contribution is -2.17. The van der Waals surface area contributed by atoms with Crippen molar-refractivity contribution in [1.29, 1.82) is 0 Å². The van der Waals surface area contributed by atoms with Gasteiger partial charge in [-0.15, -0.1) is 0 Å². The Morgan fingerprint density at radius 3 is 2.43 bits per heavy atom. The predicted molar refractivity (Wildman–Crippen MR) is 21.7 cm³/mol. The summed E-state index contributed by atoms with van der Waals surface area (Å²) in [5.41, 5.74) is 0. The number of ether oxygens (including phenoxy) is 1. The van der Waals surface area contributed by atoms with E-state index in [1.54, 1.807) is 0 Å². The molecule has 1 N–H and O–H groups in total. The molecule has 0 bridgehead atoms. The van der Waals surface area contributed by atoms with Crippen LogP contribution in [0.4, 0.5) is 4.39 Å². The van der Waals surface area contributed by atoms with Gasteiger partial charge in [-0.05, 0) is 0 Å². The fourth-order valence-electron chi connectivity index (χ4n) is 0.517. The molecule has 1 aliphatic heterocycles. The van der Waals surface area contributed by atoms with E-state index in [0.29, 0.717) is 0 Å².